The van der Waals surface area contributed by atoms with Crippen LogP contribution in [0.25, 0.3) is 0 Å². The van der Waals surface area contributed by atoms with Crippen LogP contribution in [0.15, 0.2) is 42.5 Å². The van der Waals surface area contributed by atoms with Crippen LogP contribution in [0.2, 0.25) is 0 Å². The van der Waals surface area contributed by atoms with Crippen LogP contribution in [0, 0.1) is 18.6 Å². The molecule has 0 aromatic heterocycles. The average molecular weight is 375 g/mol. The SMILES string of the molecule is CCCC(NC(=O)NCc1ccc(F)cc1)C(=O)Nc1cc(C)ccc1F. The van der Waals surface area contributed by atoms with Gasteiger partial charge in [0.15, 0.2) is 0 Å². The average Bonchev–Trinajstić information content (AvgIpc) is 2.64. The van der Waals surface area contributed by atoms with Gasteiger partial charge in [0, 0.05) is 6.54 Å². The van der Waals surface area contributed by atoms with Crippen molar-refractivity contribution in [2.75, 3.05) is 5.32 Å². The van der Waals surface area contributed by atoms with Crippen molar-refractivity contribution < 1.29 is 18.4 Å². The van der Waals surface area contributed by atoms with E-state index >= 15 is 0 Å². The number of rotatable bonds is 7. The molecule has 2 aromatic rings. The van der Waals surface area contributed by atoms with E-state index in [0.29, 0.717) is 12.8 Å². The van der Waals surface area contributed by atoms with Crippen LogP contribution < -0.4 is 16.0 Å². The third kappa shape index (κ3) is 6.36. The largest absolute Gasteiger partial charge is 0.334 e. The Hall–Kier alpha value is -2.96. The topological polar surface area (TPSA) is 70.2 Å². The maximum absolute atomic E-state index is 13.8. The van der Waals surface area contributed by atoms with Crippen LogP contribution in [0.1, 0.15) is 30.9 Å². The second-order valence-corrected chi connectivity index (χ2v) is 6.27. The minimum absolute atomic E-state index is 0.0784. The van der Waals surface area contributed by atoms with Gasteiger partial charge in [0.1, 0.15) is 17.7 Å². The summed E-state index contributed by atoms with van der Waals surface area (Å²) in [5.41, 5.74) is 1.61. The second kappa shape index (κ2) is 9.66. The molecule has 1 unspecified atom stereocenters. The van der Waals surface area contributed by atoms with Gasteiger partial charge in [-0.05, 0) is 48.7 Å². The summed E-state index contributed by atoms with van der Waals surface area (Å²) in [6.45, 7) is 3.87. The monoisotopic (exact) mass is 375 g/mol. The zero-order chi connectivity index (χ0) is 19.8. The summed E-state index contributed by atoms with van der Waals surface area (Å²) in [6, 6.07) is 8.82. The number of carbonyl (C=O) groups is 2. The first kappa shape index (κ1) is 20.4. The highest BCUT2D eigenvalue weighted by Gasteiger charge is 2.21. The van der Waals surface area contributed by atoms with Crippen molar-refractivity contribution >= 4 is 17.6 Å². The number of hydrogen-bond donors (Lipinski definition) is 3. The van der Waals surface area contributed by atoms with Crippen LogP contribution in [0.5, 0.6) is 0 Å². The third-order valence-corrected chi connectivity index (χ3v) is 3.95. The van der Waals surface area contributed by atoms with Gasteiger partial charge in [0.2, 0.25) is 5.91 Å². The van der Waals surface area contributed by atoms with E-state index in [9.17, 15) is 18.4 Å². The molecule has 0 aliphatic heterocycles. The van der Waals surface area contributed by atoms with Crippen LogP contribution in [0.4, 0.5) is 19.3 Å². The molecule has 0 aliphatic carbocycles. The van der Waals surface area contributed by atoms with Crippen molar-refractivity contribution in [3.05, 3.63) is 65.2 Å². The van der Waals surface area contributed by atoms with Crippen LogP contribution in [0.3, 0.4) is 0 Å². The van der Waals surface area contributed by atoms with Gasteiger partial charge in [-0.2, -0.15) is 0 Å². The molecule has 0 saturated carbocycles. The maximum atomic E-state index is 13.8. The summed E-state index contributed by atoms with van der Waals surface area (Å²) in [4.78, 5) is 24.5. The number of anilines is 1. The molecular weight excluding hydrogens is 352 g/mol. The number of hydrogen-bond acceptors (Lipinski definition) is 2. The molecule has 3 amide bonds. The van der Waals surface area contributed by atoms with Crippen molar-refractivity contribution in [2.45, 2.75) is 39.3 Å². The number of carbonyl (C=O) groups excluding carboxylic acids is 2. The first-order valence-corrected chi connectivity index (χ1v) is 8.75. The van der Waals surface area contributed by atoms with Crippen molar-refractivity contribution in [3.63, 3.8) is 0 Å². The highest BCUT2D eigenvalue weighted by Crippen LogP contribution is 2.16. The molecule has 0 radical (unpaired) electrons. The van der Waals surface area contributed by atoms with Crippen molar-refractivity contribution in [1.29, 1.82) is 0 Å². The summed E-state index contributed by atoms with van der Waals surface area (Å²) in [6.07, 6.45) is 1.07. The van der Waals surface area contributed by atoms with Gasteiger partial charge in [-0.25, -0.2) is 13.6 Å². The van der Waals surface area contributed by atoms with E-state index < -0.39 is 23.8 Å². The second-order valence-electron chi connectivity index (χ2n) is 6.27. The summed E-state index contributed by atoms with van der Waals surface area (Å²) in [7, 11) is 0. The molecule has 3 N–H and O–H groups in total. The number of benzene rings is 2. The minimum Gasteiger partial charge on any atom is -0.334 e. The first-order valence-electron chi connectivity index (χ1n) is 8.75. The zero-order valence-corrected chi connectivity index (χ0v) is 15.3. The Morgan fingerprint density at radius 2 is 1.78 bits per heavy atom. The molecule has 5 nitrogen and oxygen atoms in total. The van der Waals surface area contributed by atoms with Crippen LogP contribution >= 0.6 is 0 Å². The van der Waals surface area contributed by atoms with Crippen LogP contribution in [-0.4, -0.2) is 18.0 Å². The Balaban J connectivity index is 1.94. The molecule has 1 atom stereocenters. The van der Waals surface area contributed by atoms with Crippen molar-refractivity contribution in [2.24, 2.45) is 0 Å². The number of nitrogens with one attached hydrogen (secondary N) is 3. The summed E-state index contributed by atoms with van der Waals surface area (Å²) < 4.78 is 26.7. The van der Waals surface area contributed by atoms with Crippen molar-refractivity contribution in [3.8, 4) is 0 Å². The third-order valence-electron chi connectivity index (χ3n) is 3.95. The van der Waals surface area contributed by atoms with Gasteiger partial charge in [-0.1, -0.05) is 31.5 Å². The fourth-order valence-corrected chi connectivity index (χ4v) is 2.51. The molecule has 2 rings (SSSR count). The number of aryl methyl sites for hydroxylation is 1. The predicted octanol–water partition coefficient (Wildman–Crippen LogP) is 3.88. The Morgan fingerprint density at radius 3 is 2.44 bits per heavy atom. The van der Waals surface area contributed by atoms with E-state index in [0.717, 1.165) is 11.1 Å². The predicted molar refractivity (Wildman–Crippen MR) is 100 cm³/mol. The number of halogens is 2. The standard InChI is InChI=1S/C20H23F2N3O2/c1-3-4-17(19(26)24-18-11-13(2)5-10-16(18)22)25-20(27)23-12-14-6-8-15(21)9-7-14/h5-11,17H,3-4,12H2,1-2H3,(H,24,26)(H2,23,25,27). The van der Waals surface area contributed by atoms with E-state index in [1.807, 2.05) is 6.92 Å². The molecule has 144 valence electrons. The Labute approximate surface area is 157 Å². The van der Waals surface area contributed by atoms with E-state index in [-0.39, 0.29) is 18.0 Å². The summed E-state index contributed by atoms with van der Waals surface area (Å²) >= 11 is 0. The molecule has 7 heteroatoms. The summed E-state index contributed by atoms with van der Waals surface area (Å²) in [5.74, 6) is -1.38. The lowest BCUT2D eigenvalue weighted by Gasteiger charge is -2.18. The molecule has 0 heterocycles. The fraction of sp³-hybridized carbons (Fsp3) is 0.300. The molecule has 0 saturated heterocycles. The Bertz CT molecular complexity index is 794. The van der Waals surface area contributed by atoms with Gasteiger partial charge in [0.05, 0.1) is 5.69 Å². The maximum Gasteiger partial charge on any atom is 0.315 e. The summed E-state index contributed by atoms with van der Waals surface area (Å²) in [5, 5.41) is 7.74. The molecule has 0 fully saturated rings. The molecule has 0 aliphatic rings. The lowest BCUT2D eigenvalue weighted by Crippen LogP contribution is -2.47. The fourth-order valence-electron chi connectivity index (χ4n) is 2.51. The lowest BCUT2D eigenvalue weighted by atomic mass is 10.1. The van der Waals surface area contributed by atoms with Crippen molar-refractivity contribution in [1.82, 2.24) is 10.6 Å². The minimum atomic E-state index is -0.803. The van der Waals surface area contributed by atoms with E-state index in [1.54, 1.807) is 25.1 Å². The molecule has 2 aromatic carbocycles. The van der Waals surface area contributed by atoms with E-state index in [2.05, 4.69) is 16.0 Å². The molecule has 0 spiro atoms. The van der Waals surface area contributed by atoms with Gasteiger partial charge >= 0.3 is 6.03 Å². The first-order chi connectivity index (χ1) is 12.9. The lowest BCUT2D eigenvalue weighted by molar-refractivity contribution is -0.118. The van der Waals surface area contributed by atoms with E-state index in [1.165, 1.54) is 24.3 Å². The van der Waals surface area contributed by atoms with Gasteiger partial charge < -0.3 is 16.0 Å². The Kier molecular flexibility index (Phi) is 7.28. The van der Waals surface area contributed by atoms with Gasteiger partial charge in [0.25, 0.3) is 0 Å². The van der Waals surface area contributed by atoms with Gasteiger partial charge in [-0.3, -0.25) is 4.79 Å². The molecular formula is C20H23F2N3O2. The quantitative estimate of drug-likeness (QED) is 0.687. The van der Waals surface area contributed by atoms with Crippen LogP contribution in [-0.2, 0) is 11.3 Å². The number of urea groups is 1. The Morgan fingerprint density at radius 1 is 1.07 bits per heavy atom. The van der Waals surface area contributed by atoms with Gasteiger partial charge in [-0.15, -0.1) is 0 Å². The molecule has 0 bridgehead atoms. The highest BCUT2D eigenvalue weighted by molar-refractivity contribution is 5.97. The normalized spacial score (nSPS) is 11.6. The smallest absolute Gasteiger partial charge is 0.315 e. The highest BCUT2D eigenvalue weighted by atomic mass is 19.1. The van der Waals surface area contributed by atoms with E-state index in [4.69, 9.17) is 0 Å². The number of amides is 3. The zero-order valence-electron chi connectivity index (χ0n) is 15.3. The molecule has 27 heavy (non-hydrogen) atoms.